The second-order valence-electron chi connectivity index (χ2n) is 6.28. The molecule has 1 aromatic heterocycles. The van der Waals surface area contributed by atoms with Crippen LogP contribution >= 0.6 is 47.8 Å². The highest BCUT2D eigenvalue weighted by molar-refractivity contribution is 9.11. The fourth-order valence-electron chi connectivity index (χ4n) is 2.98. The lowest BCUT2D eigenvalue weighted by molar-refractivity contribution is 0.659. The van der Waals surface area contributed by atoms with Crippen LogP contribution in [0.15, 0.2) is 101 Å². The highest BCUT2D eigenvalue weighted by Crippen LogP contribution is 2.15. The van der Waals surface area contributed by atoms with Crippen molar-refractivity contribution in [3.05, 3.63) is 118 Å². The van der Waals surface area contributed by atoms with Crippen LogP contribution in [0.4, 0.5) is 0 Å². The van der Waals surface area contributed by atoms with Crippen LogP contribution in [0.1, 0.15) is 0 Å². The van der Waals surface area contributed by atoms with E-state index in [4.69, 9.17) is 0 Å². The molecule has 0 saturated carbocycles. The molecule has 0 aliphatic rings. The van der Waals surface area contributed by atoms with E-state index in [1.54, 1.807) is 72.8 Å². The van der Waals surface area contributed by atoms with Gasteiger partial charge in [-0.3, -0.25) is 0 Å². The molecule has 0 amide bonds. The van der Waals surface area contributed by atoms with Crippen LogP contribution in [0.25, 0.3) is 17.1 Å². The molecule has 150 valence electrons. The molecule has 0 N–H and O–H groups in total. The molecule has 4 rings (SSSR count). The lowest BCUT2D eigenvalue weighted by Gasteiger charge is -2.14. The predicted molar refractivity (Wildman–Crippen MR) is 126 cm³/mol. The highest BCUT2D eigenvalue weighted by Gasteiger charge is 2.19. The third kappa shape index (κ3) is 3.80. The van der Waals surface area contributed by atoms with Gasteiger partial charge in [-0.05, 0) is 72.8 Å². The Kier molecular flexibility index (Phi) is 5.77. The van der Waals surface area contributed by atoms with Crippen molar-refractivity contribution in [2.45, 2.75) is 0 Å². The van der Waals surface area contributed by atoms with Gasteiger partial charge in [0, 0.05) is 13.4 Å². The van der Waals surface area contributed by atoms with Crippen molar-refractivity contribution < 1.29 is 0 Å². The lowest BCUT2D eigenvalue weighted by atomic mass is 10.3. The number of hydrogen-bond donors (Lipinski definition) is 0. The number of benzene rings is 3. The fraction of sp³-hybridized carbons (Fsp3) is 0. The molecule has 9 heteroatoms. The van der Waals surface area contributed by atoms with E-state index in [9.17, 15) is 14.4 Å². The van der Waals surface area contributed by atoms with Gasteiger partial charge in [0.1, 0.15) is 0 Å². The molecule has 1 heterocycles. The maximum Gasteiger partial charge on any atom is 0.345 e. The summed E-state index contributed by atoms with van der Waals surface area (Å²) in [5.74, 6) is 0. The normalized spacial score (nSPS) is 10.9. The summed E-state index contributed by atoms with van der Waals surface area (Å²) in [4.78, 5) is 39.9. The summed E-state index contributed by atoms with van der Waals surface area (Å²) >= 11 is 10.0. The van der Waals surface area contributed by atoms with Gasteiger partial charge in [-0.15, -0.1) is 0 Å². The van der Waals surface area contributed by atoms with Crippen LogP contribution in [0.5, 0.6) is 0 Å². The van der Waals surface area contributed by atoms with Crippen LogP contribution in [0, 0.1) is 0 Å². The zero-order chi connectivity index (χ0) is 21.4. The summed E-state index contributed by atoms with van der Waals surface area (Å²) in [6.45, 7) is 0. The minimum absolute atomic E-state index is 0.352. The molecule has 0 bridgehead atoms. The first-order valence-corrected chi connectivity index (χ1v) is 11.0. The van der Waals surface area contributed by atoms with Crippen LogP contribution < -0.4 is 17.1 Å². The van der Waals surface area contributed by atoms with Crippen LogP contribution in [0.3, 0.4) is 0 Å². The van der Waals surface area contributed by atoms with Gasteiger partial charge in [-0.2, -0.15) is 0 Å². The van der Waals surface area contributed by atoms with Crippen molar-refractivity contribution in [2.24, 2.45) is 0 Å². The molecule has 0 atom stereocenters. The van der Waals surface area contributed by atoms with Gasteiger partial charge in [0.2, 0.25) is 0 Å². The zero-order valence-corrected chi connectivity index (χ0v) is 19.9. The molecule has 30 heavy (non-hydrogen) atoms. The second-order valence-corrected chi connectivity index (χ2v) is 9.03. The zero-order valence-electron chi connectivity index (χ0n) is 15.1. The van der Waals surface area contributed by atoms with E-state index < -0.39 is 17.1 Å². The molecule has 3 aromatic carbocycles. The monoisotopic (exact) mass is 591 g/mol. The smallest absolute Gasteiger partial charge is 0.246 e. The van der Waals surface area contributed by atoms with Gasteiger partial charge >= 0.3 is 17.1 Å². The molecule has 0 fully saturated rings. The third-order valence-corrected chi connectivity index (χ3v) is 5.99. The first kappa shape index (κ1) is 20.8. The third-order valence-electron chi connectivity index (χ3n) is 4.40. The quantitative estimate of drug-likeness (QED) is 0.353. The fourth-order valence-corrected chi connectivity index (χ4v) is 3.77. The van der Waals surface area contributed by atoms with Gasteiger partial charge < -0.3 is 0 Å². The molecular formula is C21H12Br3N3O3. The Balaban J connectivity index is 2.13. The Morgan fingerprint density at radius 3 is 0.800 bits per heavy atom. The summed E-state index contributed by atoms with van der Waals surface area (Å²) in [6, 6.07) is 20.1. The highest BCUT2D eigenvalue weighted by atomic mass is 79.9. The van der Waals surface area contributed by atoms with E-state index in [0.717, 1.165) is 27.1 Å². The standard InChI is InChI=1S/C21H12Br3N3O3/c22-13-1-7-16(8-2-13)25-19(28)26(17-9-3-14(23)4-10-17)21(30)27(20(25)29)18-11-5-15(24)6-12-18/h1-12H. The maximum atomic E-state index is 13.3. The Morgan fingerprint density at radius 2 is 0.600 bits per heavy atom. The predicted octanol–water partition coefficient (Wildman–Crippen LogP) is 4.43. The van der Waals surface area contributed by atoms with Crippen molar-refractivity contribution in [3.63, 3.8) is 0 Å². The number of aromatic nitrogens is 3. The molecule has 0 spiro atoms. The molecule has 0 aliphatic heterocycles. The van der Waals surface area contributed by atoms with Crippen molar-refractivity contribution >= 4 is 47.8 Å². The number of halogens is 3. The Hall–Kier alpha value is -2.49. The van der Waals surface area contributed by atoms with E-state index in [1.165, 1.54) is 0 Å². The average Bonchev–Trinajstić information content (AvgIpc) is 2.72. The molecule has 0 aliphatic carbocycles. The van der Waals surface area contributed by atoms with E-state index in [2.05, 4.69) is 47.8 Å². The second kappa shape index (κ2) is 8.33. The molecule has 0 unspecified atom stereocenters. The van der Waals surface area contributed by atoms with Crippen molar-refractivity contribution in [1.82, 2.24) is 13.7 Å². The summed E-state index contributed by atoms with van der Waals surface area (Å²) in [7, 11) is 0. The van der Waals surface area contributed by atoms with Crippen molar-refractivity contribution in [1.29, 1.82) is 0 Å². The Bertz CT molecular complexity index is 1200. The van der Waals surface area contributed by atoms with Crippen LogP contribution in [-0.4, -0.2) is 13.7 Å². The molecule has 6 nitrogen and oxygen atoms in total. The van der Waals surface area contributed by atoms with Crippen LogP contribution in [0.2, 0.25) is 0 Å². The lowest BCUT2D eigenvalue weighted by Crippen LogP contribution is -2.52. The number of nitrogens with zero attached hydrogens (tertiary/aromatic N) is 3. The van der Waals surface area contributed by atoms with E-state index in [-0.39, 0.29) is 0 Å². The Labute approximate surface area is 195 Å². The average molecular weight is 594 g/mol. The van der Waals surface area contributed by atoms with E-state index in [0.29, 0.717) is 17.1 Å². The molecular weight excluding hydrogens is 582 g/mol. The molecule has 4 aromatic rings. The topological polar surface area (TPSA) is 66.0 Å². The Morgan fingerprint density at radius 1 is 0.400 bits per heavy atom. The summed E-state index contributed by atoms with van der Waals surface area (Å²) in [5, 5.41) is 0. The van der Waals surface area contributed by atoms with Gasteiger partial charge in [0.25, 0.3) is 0 Å². The maximum absolute atomic E-state index is 13.3. The largest absolute Gasteiger partial charge is 0.345 e. The molecule has 0 radical (unpaired) electrons. The van der Waals surface area contributed by atoms with Gasteiger partial charge in [0.05, 0.1) is 17.1 Å². The van der Waals surface area contributed by atoms with E-state index in [1.807, 2.05) is 0 Å². The minimum atomic E-state index is -0.747. The van der Waals surface area contributed by atoms with Gasteiger partial charge in [-0.25, -0.2) is 28.1 Å². The summed E-state index contributed by atoms with van der Waals surface area (Å²) in [6.07, 6.45) is 0. The minimum Gasteiger partial charge on any atom is -0.246 e. The van der Waals surface area contributed by atoms with Crippen molar-refractivity contribution in [3.8, 4) is 17.1 Å². The number of rotatable bonds is 3. The van der Waals surface area contributed by atoms with E-state index >= 15 is 0 Å². The first-order chi connectivity index (χ1) is 14.4. The summed E-state index contributed by atoms with van der Waals surface area (Å²) < 4.78 is 5.35. The SMILES string of the molecule is O=c1n(-c2ccc(Br)cc2)c(=O)n(-c2ccc(Br)cc2)c(=O)n1-c1ccc(Br)cc1. The van der Waals surface area contributed by atoms with Crippen LogP contribution in [-0.2, 0) is 0 Å². The number of hydrogen-bond acceptors (Lipinski definition) is 3. The van der Waals surface area contributed by atoms with Gasteiger partial charge in [-0.1, -0.05) is 47.8 Å². The van der Waals surface area contributed by atoms with Gasteiger partial charge in [0.15, 0.2) is 0 Å². The first-order valence-electron chi connectivity index (χ1n) is 8.66. The summed E-state index contributed by atoms with van der Waals surface area (Å²) in [5.41, 5.74) is -1.19. The molecule has 0 saturated heterocycles. The van der Waals surface area contributed by atoms with Crippen molar-refractivity contribution in [2.75, 3.05) is 0 Å².